The summed E-state index contributed by atoms with van der Waals surface area (Å²) in [4.78, 5) is 0.0915. The summed E-state index contributed by atoms with van der Waals surface area (Å²) in [5.74, 6) is 0. The van der Waals surface area contributed by atoms with E-state index < -0.39 is 10.0 Å². The lowest BCUT2D eigenvalue weighted by Gasteiger charge is -2.09. The van der Waals surface area contributed by atoms with Crippen LogP contribution < -0.4 is 4.72 Å². The first-order valence-corrected chi connectivity index (χ1v) is 8.62. The molecule has 0 spiro atoms. The van der Waals surface area contributed by atoms with Crippen LogP contribution in [0.1, 0.15) is 12.0 Å². The molecule has 0 saturated heterocycles. The minimum absolute atomic E-state index is 0.0381. The van der Waals surface area contributed by atoms with E-state index in [2.05, 4.69) is 25.8 Å². The number of hydrogen-bond donors (Lipinski definition) is 2. The molecule has 21 heavy (non-hydrogen) atoms. The molecule has 0 aliphatic carbocycles. The number of rotatable bonds is 6. The monoisotopic (exact) mass is 373 g/mol. The van der Waals surface area contributed by atoms with E-state index in [1.165, 1.54) is 17.1 Å². The zero-order valence-electron chi connectivity index (χ0n) is 11.5. The highest BCUT2D eigenvalue weighted by Crippen LogP contribution is 2.26. The van der Waals surface area contributed by atoms with Crippen LogP contribution in [0.5, 0.6) is 0 Å². The van der Waals surface area contributed by atoms with Crippen molar-refractivity contribution in [2.24, 2.45) is 0 Å². The van der Waals surface area contributed by atoms with Crippen molar-refractivity contribution in [3.05, 3.63) is 40.6 Å². The number of hydrogen-bond acceptors (Lipinski definition) is 4. The number of aliphatic hydroxyl groups is 1. The molecule has 0 aliphatic rings. The first-order valence-electron chi connectivity index (χ1n) is 6.34. The lowest BCUT2D eigenvalue weighted by atomic mass is 10.2. The van der Waals surface area contributed by atoms with Gasteiger partial charge in [0.25, 0.3) is 10.0 Å². The summed E-state index contributed by atoms with van der Waals surface area (Å²) < 4.78 is 29.3. The highest BCUT2D eigenvalue weighted by molar-refractivity contribution is 9.10. The Kier molecular flexibility index (Phi) is 5.02. The molecule has 2 rings (SSSR count). The van der Waals surface area contributed by atoms with Gasteiger partial charge in [0.1, 0.15) is 4.90 Å². The van der Waals surface area contributed by atoms with Gasteiger partial charge in [0.05, 0.1) is 11.9 Å². The number of aromatic nitrogens is 2. The molecule has 0 radical (unpaired) electrons. The van der Waals surface area contributed by atoms with Crippen LogP contribution in [-0.2, 0) is 16.6 Å². The predicted octanol–water partition coefficient (Wildman–Crippen LogP) is 2.14. The fourth-order valence-electron chi connectivity index (χ4n) is 1.76. The molecule has 8 heteroatoms. The number of aliphatic hydroxyl groups excluding tert-OH is 1. The third kappa shape index (κ3) is 4.05. The summed E-state index contributed by atoms with van der Waals surface area (Å²) >= 11 is 3.32. The SMILES string of the molecule is Cc1ccc(Br)c(NS(=O)(=O)c2cnn(CCCO)c2)c1. The molecule has 0 fully saturated rings. The molecule has 1 aromatic heterocycles. The molecule has 6 nitrogen and oxygen atoms in total. The molecule has 1 heterocycles. The molecule has 0 bridgehead atoms. The zero-order chi connectivity index (χ0) is 15.5. The predicted molar refractivity (Wildman–Crippen MR) is 83.6 cm³/mol. The van der Waals surface area contributed by atoms with Gasteiger partial charge in [-0.15, -0.1) is 0 Å². The number of aryl methyl sites for hydroxylation is 2. The molecular formula is C13H16BrN3O3S. The smallest absolute Gasteiger partial charge is 0.265 e. The molecule has 0 aliphatic heterocycles. The van der Waals surface area contributed by atoms with Crippen molar-refractivity contribution in [1.29, 1.82) is 0 Å². The number of nitrogens with one attached hydrogen (secondary N) is 1. The Morgan fingerprint density at radius 1 is 1.43 bits per heavy atom. The van der Waals surface area contributed by atoms with Gasteiger partial charge < -0.3 is 5.11 Å². The van der Waals surface area contributed by atoms with Crippen molar-refractivity contribution < 1.29 is 13.5 Å². The van der Waals surface area contributed by atoms with Gasteiger partial charge in [0, 0.05) is 23.8 Å². The van der Waals surface area contributed by atoms with Gasteiger partial charge in [0.2, 0.25) is 0 Å². The van der Waals surface area contributed by atoms with E-state index >= 15 is 0 Å². The average molecular weight is 374 g/mol. The summed E-state index contributed by atoms with van der Waals surface area (Å²) in [5.41, 5.74) is 1.44. The maximum atomic E-state index is 12.3. The molecule has 0 saturated carbocycles. The van der Waals surface area contributed by atoms with Crippen molar-refractivity contribution in [3.8, 4) is 0 Å². The van der Waals surface area contributed by atoms with Gasteiger partial charge in [-0.3, -0.25) is 9.40 Å². The van der Waals surface area contributed by atoms with Crippen LogP contribution in [0.15, 0.2) is 40.0 Å². The normalized spacial score (nSPS) is 11.6. The third-order valence-corrected chi connectivity index (χ3v) is 4.84. The van der Waals surface area contributed by atoms with Crippen molar-refractivity contribution >= 4 is 31.6 Å². The Morgan fingerprint density at radius 3 is 2.90 bits per heavy atom. The number of sulfonamides is 1. The summed E-state index contributed by atoms with van der Waals surface area (Å²) in [6.45, 7) is 2.40. The zero-order valence-corrected chi connectivity index (χ0v) is 13.9. The molecular weight excluding hydrogens is 358 g/mol. The summed E-state index contributed by atoms with van der Waals surface area (Å²) in [6, 6.07) is 5.42. The van der Waals surface area contributed by atoms with Gasteiger partial charge in [-0.1, -0.05) is 6.07 Å². The number of nitrogens with zero attached hydrogens (tertiary/aromatic N) is 2. The minimum Gasteiger partial charge on any atom is -0.396 e. The lowest BCUT2D eigenvalue weighted by molar-refractivity contribution is 0.277. The maximum absolute atomic E-state index is 12.3. The van der Waals surface area contributed by atoms with E-state index in [4.69, 9.17) is 5.11 Å². The number of benzene rings is 1. The summed E-state index contributed by atoms with van der Waals surface area (Å²) in [6.07, 6.45) is 3.27. The van der Waals surface area contributed by atoms with Crippen LogP contribution in [0, 0.1) is 6.92 Å². The second-order valence-electron chi connectivity index (χ2n) is 4.61. The standard InChI is InChI=1S/C13H16BrN3O3S/c1-10-3-4-12(14)13(7-10)16-21(19,20)11-8-15-17(9-11)5-2-6-18/h3-4,7-9,16,18H,2,5-6H2,1H3. The fourth-order valence-corrected chi connectivity index (χ4v) is 3.26. The Labute approximate surface area is 132 Å². The largest absolute Gasteiger partial charge is 0.396 e. The average Bonchev–Trinajstić information content (AvgIpc) is 2.90. The molecule has 2 N–H and O–H groups in total. The van der Waals surface area contributed by atoms with E-state index in [0.29, 0.717) is 23.1 Å². The minimum atomic E-state index is -3.68. The van der Waals surface area contributed by atoms with Crippen molar-refractivity contribution in [2.75, 3.05) is 11.3 Å². The number of anilines is 1. The topological polar surface area (TPSA) is 84.2 Å². The Balaban J connectivity index is 2.22. The van der Waals surface area contributed by atoms with Gasteiger partial charge in [-0.2, -0.15) is 5.10 Å². The van der Waals surface area contributed by atoms with Gasteiger partial charge in [0.15, 0.2) is 0 Å². The van der Waals surface area contributed by atoms with Crippen LogP contribution in [0.2, 0.25) is 0 Å². The molecule has 2 aromatic rings. The fraction of sp³-hybridized carbons (Fsp3) is 0.308. The van der Waals surface area contributed by atoms with Crippen molar-refractivity contribution in [1.82, 2.24) is 9.78 Å². The Bertz CT molecular complexity index is 728. The molecule has 0 unspecified atom stereocenters. The van der Waals surface area contributed by atoms with Gasteiger partial charge in [-0.05, 0) is 47.0 Å². The second kappa shape index (κ2) is 6.59. The molecule has 114 valence electrons. The van der Waals surface area contributed by atoms with Crippen LogP contribution in [0.4, 0.5) is 5.69 Å². The second-order valence-corrected chi connectivity index (χ2v) is 7.14. The van der Waals surface area contributed by atoms with Crippen LogP contribution >= 0.6 is 15.9 Å². The lowest BCUT2D eigenvalue weighted by Crippen LogP contribution is -2.13. The van der Waals surface area contributed by atoms with Crippen LogP contribution in [0.3, 0.4) is 0 Å². The summed E-state index contributed by atoms with van der Waals surface area (Å²) in [7, 11) is -3.68. The van der Waals surface area contributed by atoms with Crippen LogP contribution in [0.25, 0.3) is 0 Å². The molecule has 0 amide bonds. The number of halogens is 1. The van der Waals surface area contributed by atoms with E-state index in [1.807, 2.05) is 13.0 Å². The molecule has 0 atom stereocenters. The van der Waals surface area contributed by atoms with Crippen LogP contribution in [-0.4, -0.2) is 29.9 Å². The summed E-state index contributed by atoms with van der Waals surface area (Å²) in [5, 5.41) is 12.7. The van der Waals surface area contributed by atoms with Gasteiger partial charge >= 0.3 is 0 Å². The Hall–Kier alpha value is -1.38. The van der Waals surface area contributed by atoms with Crippen molar-refractivity contribution in [2.45, 2.75) is 24.8 Å². The third-order valence-electron chi connectivity index (χ3n) is 2.83. The van der Waals surface area contributed by atoms with E-state index in [9.17, 15) is 8.42 Å². The highest BCUT2D eigenvalue weighted by atomic mass is 79.9. The molecule has 1 aromatic carbocycles. The van der Waals surface area contributed by atoms with Gasteiger partial charge in [-0.25, -0.2) is 8.42 Å². The first-order chi connectivity index (χ1) is 9.92. The van der Waals surface area contributed by atoms with E-state index in [0.717, 1.165) is 5.56 Å². The Morgan fingerprint density at radius 2 is 2.19 bits per heavy atom. The van der Waals surface area contributed by atoms with E-state index in [-0.39, 0.29) is 11.5 Å². The quantitative estimate of drug-likeness (QED) is 0.812. The first kappa shape index (κ1) is 16.0. The maximum Gasteiger partial charge on any atom is 0.265 e. The van der Waals surface area contributed by atoms with E-state index in [1.54, 1.807) is 12.1 Å². The van der Waals surface area contributed by atoms with Crippen molar-refractivity contribution in [3.63, 3.8) is 0 Å². The highest BCUT2D eigenvalue weighted by Gasteiger charge is 2.18.